The molecule has 808 valence electrons. The van der Waals surface area contributed by atoms with E-state index in [2.05, 4.69) is 213 Å². The number of benzene rings is 8. The minimum Gasteiger partial charge on any atom is -0.507 e. The second kappa shape index (κ2) is 46.7. The first-order valence-corrected chi connectivity index (χ1v) is 58.4. The van der Waals surface area contributed by atoms with Gasteiger partial charge in [-0.1, -0.05) is 263 Å². The van der Waals surface area contributed by atoms with E-state index in [-0.39, 0.29) is 94.6 Å². The van der Waals surface area contributed by atoms with E-state index in [0.29, 0.717) is 98.4 Å². The van der Waals surface area contributed by atoms with E-state index in [1.165, 1.54) is 103 Å². The maximum Gasteiger partial charge on any atom is 0.306 e. The van der Waals surface area contributed by atoms with Crippen LogP contribution in [-0.2, 0) is 66.4 Å². The fourth-order valence-electron chi connectivity index (χ4n) is 29.3. The van der Waals surface area contributed by atoms with E-state index in [1.807, 2.05) is 109 Å². The van der Waals surface area contributed by atoms with E-state index in [1.54, 1.807) is 11.1 Å². The Labute approximate surface area is 901 Å². The van der Waals surface area contributed by atoms with Crippen molar-refractivity contribution in [1.29, 1.82) is 0 Å². The number of carbonyl (C=O) groups excluding carboxylic acids is 2. The maximum absolute atomic E-state index is 13.4. The van der Waals surface area contributed by atoms with Crippen LogP contribution in [0.4, 0.5) is 11.4 Å². The number of allylic oxidation sites excluding steroid dienone is 2. The Morgan fingerprint density at radius 1 is 0.360 bits per heavy atom. The van der Waals surface area contributed by atoms with E-state index in [0.717, 1.165) is 210 Å². The summed E-state index contributed by atoms with van der Waals surface area (Å²) in [4.78, 5) is 36.4. The summed E-state index contributed by atoms with van der Waals surface area (Å²) >= 11 is 0. The van der Waals surface area contributed by atoms with Crippen LogP contribution in [0.25, 0.3) is 0 Å². The van der Waals surface area contributed by atoms with E-state index in [9.17, 15) is 19.8 Å². The van der Waals surface area contributed by atoms with Crippen LogP contribution >= 0.6 is 0 Å². The number of esters is 2. The molecule has 0 spiro atoms. The van der Waals surface area contributed by atoms with Crippen LogP contribution < -0.4 is 28.4 Å². The van der Waals surface area contributed by atoms with Crippen molar-refractivity contribution in [3.8, 4) is 46.0 Å². The zero-order valence-corrected chi connectivity index (χ0v) is 95.6. The fourth-order valence-corrected chi connectivity index (χ4v) is 29.3. The van der Waals surface area contributed by atoms with Gasteiger partial charge in [0.05, 0.1) is 24.6 Å². The molecule has 8 aromatic carbocycles. The van der Waals surface area contributed by atoms with E-state index < -0.39 is 0 Å². The zero-order chi connectivity index (χ0) is 107. The second-order valence-corrected chi connectivity index (χ2v) is 53.5. The molecule has 9 aliphatic carbocycles. The average Bonchev–Trinajstić information content (AvgIpc) is 1.51. The molecule has 17 rings (SSSR count). The first-order chi connectivity index (χ1) is 71.3. The average molecular weight is 2040 g/mol. The van der Waals surface area contributed by atoms with Gasteiger partial charge in [-0.15, -0.1) is 0 Å². The van der Waals surface area contributed by atoms with Gasteiger partial charge < -0.3 is 48.1 Å². The van der Waals surface area contributed by atoms with Gasteiger partial charge in [0.2, 0.25) is 0 Å². The molecule has 0 radical (unpaired) electrons. The molecule has 0 aromatic heterocycles. The van der Waals surface area contributed by atoms with Crippen LogP contribution in [-0.4, -0.2) is 86.4 Å². The first-order valence-electron chi connectivity index (χ1n) is 58.4. The summed E-state index contributed by atoms with van der Waals surface area (Å²) in [6.45, 7) is 53.7. The van der Waals surface area contributed by atoms with Gasteiger partial charge in [0.25, 0.3) is 0 Å². The van der Waals surface area contributed by atoms with Crippen molar-refractivity contribution in [2.24, 2.45) is 103 Å². The predicted octanol–water partition coefficient (Wildman–Crippen LogP) is 33.6. The zero-order valence-electron chi connectivity index (χ0n) is 95.6. The van der Waals surface area contributed by atoms with Gasteiger partial charge in [-0.25, -0.2) is 0 Å². The van der Waals surface area contributed by atoms with Gasteiger partial charge in [0.1, 0.15) is 84.6 Å². The molecule has 2 N–H and O–H groups in total. The molecule has 0 aliphatic heterocycles. The lowest BCUT2D eigenvalue weighted by molar-refractivity contribution is -0.152. The van der Waals surface area contributed by atoms with Crippen molar-refractivity contribution in [2.45, 2.75) is 379 Å². The van der Waals surface area contributed by atoms with Crippen molar-refractivity contribution < 1.29 is 57.7 Å². The molecule has 0 unspecified atom stereocenters. The fraction of sp³-hybridized carbons (Fsp3) is 0.588. The molecule has 8 aromatic rings. The molecule has 6 saturated carbocycles. The summed E-state index contributed by atoms with van der Waals surface area (Å²) in [5.74, 6) is 14.2. The third-order valence-electron chi connectivity index (χ3n) is 38.1. The Morgan fingerprint density at radius 2 is 0.667 bits per heavy atom. The molecule has 14 nitrogen and oxygen atoms in total. The van der Waals surface area contributed by atoms with E-state index >= 15 is 0 Å². The van der Waals surface area contributed by atoms with E-state index in [4.69, 9.17) is 47.9 Å². The number of hydrogen-bond donors (Lipinski definition) is 2. The number of rotatable bonds is 36. The van der Waals surface area contributed by atoms with Crippen molar-refractivity contribution in [3.05, 3.63) is 247 Å². The van der Waals surface area contributed by atoms with Crippen molar-refractivity contribution in [1.82, 2.24) is 0 Å². The number of aromatic hydroxyl groups is 2. The number of aliphatic imine (C=N–C) groups is 2. The first kappa shape index (κ1) is 111. The number of phenolic OH excluding ortho intramolecular Hbond substituents is 2. The minimum atomic E-state index is -0.291. The molecule has 0 amide bonds. The topological polar surface area (TPSA) is 173 Å². The standard InChI is InChI=1S/C136H182N2O12/c1-87(2)27-23-29-89(5)117-53-55-119-115-51-37-101-83-113(57-61-133(101,19)121(115)59-63-135(117,119)21)149-123(139)31-25-65-143-109-43-33-91(34-44-109)85-137-107-39-47-111(48-40-107)145-67-69-147-127-97-71-93-75-103(129(7,8)9)77-95(125(93)141)73-99-81-106(132(16,17)18)82-100(74-96-78-104(130(10,11)12)76-94(126(96)142)72-98(127)80-105(79-97)131(13,14)15)128(99)148-70-68-146-112-49-41-108(42-50-112)138-86-92-35-45-110(46-36-92)144-66-26-32-124(140)150-114-58-62-134(20)102(84-114)38-52-116-120-56-54-118(90(6)30-24-28-88(3)4)136(120,22)64-60-122(116)134/h33-50,75-82,85-90,113-122,141-142H,23-32,51-74,83-84H2,1-22H3/t89-,90-,113+,114+,115+,116+,117-,118-,119+,120+,121+,122+,133+,134+,135-,136-/m1/s1. The lowest BCUT2D eigenvalue weighted by atomic mass is 9.47. The largest absolute Gasteiger partial charge is 0.507 e. The lowest BCUT2D eigenvalue weighted by Gasteiger charge is -2.58. The number of carbonyl (C=O) groups is 2. The predicted molar refractivity (Wildman–Crippen MR) is 613 cm³/mol. The van der Waals surface area contributed by atoms with Crippen LogP contribution in [0, 0.1) is 92.7 Å². The molecule has 14 heteroatoms. The highest BCUT2D eigenvalue weighted by Gasteiger charge is 2.62. The summed E-state index contributed by atoms with van der Waals surface area (Å²) in [6, 6.07) is 49.0. The van der Waals surface area contributed by atoms with Crippen molar-refractivity contribution in [3.63, 3.8) is 0 Å². The summed E-state index contributed by atoms with van der Waals surface area (Å²) < 4.78 is 52.0. The van der Waals surface area contributed by atoms with Gasteiger partial charge in [-0.2, -0.15) is 0 Å². The number of fused-ring (bicyclic) bond motifs is 18. The van der Waals surface area contributed by atoms with Crippen LogP contribution in [0.1, 0.15) is 397 Å². The molecule has 9 aliphatic rings. The van der Waals surface area contributed by atoms with Gasteiger partial charge in [-0.05, 0) is 392 Å². The monoisotopic (exact) mass is 2040 g/mol. The Bertz CT molecular complexity index is 5640. The third-order valence-corrected chi connectivity index (χ3v) is 38.1. The van der Waals surface area contributed by atoms with Gasteiger partial charge >= 0.3 is 11.9 Å². The minimum absolute atomic E-state index is 0.0422. The molecule has 0 saturated heterocycles. The van der Waals surface area contributed by atoms with Crippen LogP contribution in [0.3, 0.4) is 0 Å². The van der Waals surface area contributed by atoms with Gasteiger partial charge in [-0.3, -0.25) is 19.6 Å². The molecule has 6 fully saturated rings. The Hall–Kier alpha value is -10.1. The highest BCUT2D eigenvalue weighted by molar-refractivity contribution is 5.83. The van der Waals surface area contributed by atoms with Crippen LogP contribution in [0.2, 0.25) is 0 Å². The number of ether oxygens (including phenoxy) is 8. The number of hydrogen-bond acceptors (Lipinski definition) is 14. The molecule has 8 bridgehead atoms. The highest BCUT2D eigenvalue weighted by atomic mass is 16.6. The Balaban J connectivity index is 0.495. The van der Waals surface area contributed by atoms with Crippen molar-refractivity contribution >= 4 is 35.7 Å². The number of phenols is 2. The maximum atomic E-state index is 13.4. The van der Waals surface area contributed by atoms with Crippen LogP contribution in [0.5, 0.6) is 46.0 Å². The van der Waals surface area contributed by atoms with Crippen molar-refractivity contribution in [2.75, 3.05) is 39.6 Å². The smallest absolute Gasteiger partial charge is 0.306 e. The summed E-state index contributed by atoms with van der Waals surface area (Å²) in [7, 11) is 0. The van der Waals surface area contributed by atoms with Crippen LogP contribution in [0.15, 0.2) is 179 Å². The lowest BCUT2D eigenvalue weighted by Crippen LogP contribution is -2.51. The highest BCUT2D eigenvalue weighted by Crippen LogP contribution is 2.70. The SMILES string of the molecule is CC(C)CCC[C@@H](C)[C@H]1CC[C@H]2[C@@H]3CC=C4C[C@@H](OC(=O)CCCOc5ccc(C=Nc6ccc(OCCOc7c8cc(C(C)(C)C)cc7Cc7cc(C(C)(C)C)cc(c7O)Cc7cc(C(C)(C)C)cc(c7OCCOc7ccc(N=Cc9ccc(OCCCC(=O)O[C@H]%10CC[C@@]%11(C)C(=CC[C@H]%12[C@@H]%13CC[C@H]([C@H](C)CCCC(C)C)[C@@]%13(C)CC[C@@H]%12%11)C%10)cc9)cc7)Cc7cc(C(C)(C)C)cc(c7O)C8)cc6)cc5)CC[C@]4(C)[C@H]3CC[C@]12C. The number of nitrogens with zero attached hydrogens (tertiary/aromatic N) is 2. The third kappa shape index (κ3) is 25.9. The molecule has 150 heavy (non-hydrogen) atoms. The Morgan fingerprint density at radius 3 is 0.987 bits per heavy atom. The Kier molecular flexibility index (Phi) is 34.6. The summed E-state index contributed by atoms with van der Waals surface area (Å²) in [5.41, 5.74) is 18.1. The summed E-state index contributed by atoms with van der Waals surface area (Å²) in [5, 5.41) is 26.3. The second-order valence-electron chi connectivity index (χ2n) is 53.5. The van der Waals surface area contributed by atoms with Gasteiger partial charge in [0.15, 0.2) is 0 Å². The molecular formula is C136H182N2O12. The molecular weight excluding hydrogens is 1850 g/mol. The molecule has 0 heterocycles. The normalized spacial score (nSPS) is 25.6. The summed E-state index contributed by atoms with van der Waals surface area (Å²) in [6.07, 6.45) is 39.7. The molecule has 16 atom stereocenters. The van der Waals surface area contributed by atoms with Gasteiger partial charge in [0, 0.05) is 63.8 Å². The quantitative estimate of drug-likeness (QED) is 0.0165.